The molecule has 0 bridgehead atoms. The second kappa shape index (κ2) is 5.87. The van der Waals surface area contributed by atoms with Crippen LogP contribution in [0, 0.1) is 22.5 Å². The summed E-state index contributed by atoms with van der Waals surface area (Å²) in [6.45, 7) is 4.08. The maximum Gasteiger partial charge on any atom is 0.287 e. The summed E-state index contributed by atoms with van der Waals surface area (Å²) >= 11 is 0. The Morgan fingerprint density at radius 3 is 2.89 bits per heavy atom. The molecule has 0 aromatic carbocycles. The van der Waals surface area contributed by atoms with Gasteiger partial charge in [-0.05, 0) is 13.8 Å². The summed E-state index contributed by atoms with van der Waals surface area (Å²) in [5, 5.41) is 13.4. The Balaban J connectivity index is 2.91. The maximum atomic E-state index is 11.9. The van der Waals surface area contributed by atoms with Gasteiger partial charge in [0.1, 0.15) is 5.69 Å². The number of carbonyl (C=O) groups excluding carboxylic acids is 1. The standard InChI is InChI=1S/C12H15N3O3/c1-4-6-9(3)13-12(16)11-7-10(15(17)18)8-14(11)5-2/h1,7-9H,5-6H2,2-3H3,(H,13,16). The van der Waals surface area contributed by atoms with Gasteiger partial charge in [0.2, 0.25) is 0 Å². The molecule has 1 unspecified atom stereocenters. The SMILES string of the molecule is C#CCC(C)NC(=O)c1cc([N+](=O)[O-])cn1CC. The molecule has 0 radical (unpaired) electrons. The van der Waals surface area contributed by atoms with E-state index in [9.17, 15) is 14.9 Å². The van der Waals surface area contributed by atoms with Gasteiger partial charge in [0.25, 0.3) is 11.6 Å². The van der Waals surface area contributed by atoms with Crippen molar-refractivity contribution in [3.8, 4) is 12.3 Å². The van der Waals surface area contributed by atoms with E-state index in [2.05, 4.69) is 11.2 Å². The number of nitrogens with one attached hydrogen (secondary N) is 1. The summed E-state index contributed by atoms with van der Waals surface area (Å²) in [6.07, 6.45) is 6.91. The first-order valence-corrected chi connectivity index (χ1v) is 5.58. The lowest BCUT2D eigenvalue weighted by Crippen LogP contribution is -2.33. The first-order valence-electron chi connectivity index (χ1n) is 5.58. The molecule has 1 aromatic rings. The van der Waals surface area contributed by atoms with E-state index in [1.54, 1.807) is 6.92 Å². The second-order valence-corrected chi connectivity index (χ2v) is 3.91. The predicted octanol–water partition coefficient (Wildman–Crippen LogP) is 1.56. The van der Waals surface area contributed by atoms with Gasteiger partial charge < -0.3 is 9.88 Å². The van der Waals surface area contributed by atoms with Crippen LogP contribution in [-0.4, -0.2) is 21.4 Å². The van der Waals surface area contributed by atoms with Crippen LogP contribution in [0.1, 0.15) is 30.8 Å². The molecule has 0 aliphatic heterocycles. The largest absolute Gasteiger partial charge is 0.347 e. The summed E-state index contributed by atoms with van der Waals surface area (Å²) in [6, 6.07) is 1.10. The summed E-state index contributed by atoms with van der Waals surface area (Å²) in [4.78, 5) is 22.1. The van der Waals surface area contributed by atoms with Gasteiger partial charge in [0, 0.05) is 25.1 Å². The fourth-order valence-electron chi connectivity index (χ4n) is 1.57. The Kier molecular flexibility index (Phi) is 4.49. The van der Waals surface area contributed by atoms with E-state index < -0.39 is 4.92 Å². The van der Waals surface area contributed by atoms with Crippen molar-refractivity contribution < 1.29 is 9.72 Å². The average Bonchev–Trinajstić information content (AvgIpc) is 2.73. The number of terminal acetylenes is 1. The summed E-state index contributed by atoms with van der Waals surface area (Å²) < 4.78 is 1.54. The monoisotopic (exact) mass is 249 g/mol. The van der Waals surface area contributed by atoms with Crippen LogP contribution in [0.2, 0.25) is 0 Å². The van der Waals surface area contributed by atoms with Crippen LogP contribution in [0.3, 0.4) is 0 Å². The van der Waals surface area contributed by atoms with Crippen molar-refractivity contribution in [1.29, 1.82) is 0 Å². The van der Waals surface area contributed by atoms with Crippen molar-refractivity contribution in [3.05, 3.63) is 28.1 Å². The zero-order valence-corrected chi connectivity index (χ0v) is 10.3. The normalized spacial score (nSPS) is 11.6. The molecule has 1 atom stereocenters. The molecule has 1 rings (SSSR count). The van der Waals surface area contributed by atoms with E-state index in [1.165, 1.54) is 16.8 Å². The smallest absolute Gasteiger partial charge is 0.287 e. The van der Waals surface area contributed by atoms with Crippen LogP contribution in [0.25, 0.3) is 0 Å². The Morgan fingerprint density at radius 1 is 1.72 bits per heavy atom. The molecule has 0 saturated carbocycles. The van der Waals surface area contributed by atoms with Crippen LogP contribution in [0.5, 0.6) is 0 Å². The van der Waals surface area contributed by atoms with Crippen molar-refractivity contribution in [2.75, 3.05) is 0 Å². The third kappa shape index (κ3) is 3.10. The van der Waals surface area contributed by atoms with E-state index >= 15 is 0 Å². The number of nitro groups is 1. The summed E-state index contributed by atoms with van der Waals surface area (Å²) in [5.74, 6) is 2.09. The molecule has 0 fully saturated rings. The maximum absolute atomic E-state index is 11.9. The number of aromatic nitrogens is 1. The van der Waals surface area contributed by atoms with Gasteiger partial charge in [-0.1, -0.05) is 0 Å². The minimum absolute atomic E-state index is 0.0911. The van der Waals surface area contributed by atoms with Gasteiger partial charge in [0.15, 0.2) is 0 Å². The minimum atomic E-state index is -0.520. The van der Waals surface area contributed by atoms with Crippen molar-refractivity contribution in [2.24, 2.45) is 0 Å². The van der Waals surface area contributed by atoms with Crippen molar-refractivity contribution in [1.82, 2.24) is 9.88 Å². The third-order valence-corrected chi connectivity index (χ3v) is 2.47. The number of aryl methyl sites for hydroxylation is 1. The van der Waals surface area contributed by atoms with Gasteiger partial charge in [0.05, 0.1) is 11.1 Å². The molecule has 1 N–H and O–H groups in total. The highest BCUT2D eigenvalue weighted by molar-refractivity contribution is 5.93. The second-order valence-electron chi connectivity index (χ2n) is 3.91. The highest BCUT2D eigenvalue weighted by Crippen LogP contribution is 2.16. The zero-order valence-electron chi connectivity index (χ0n) is 10.3. The van der Waals surface area contributed by atoms with Gasteiger partial charge in [-0.2, -0.15) is 0 Å². The molecule has 0 aliphatic rings. The molecule has 1 amide bonds. The van der Waals surface area contributed by atoms with Crippen LogP contribution in [-0.2, 0) is 6.54 Å². The van der Waals surface area contributed by atoms with E-state index in [-0.39, 0.29) is 23.3 Å². The Hall–Kier alpha value is -2.29. The lowest BCUT2D eigenvalue weighted by molar-refractivity contribution is -0.384. The molecular formula is C12H15N3O3. The highest BCUT2D eigenvalue weighted by atomic mass is 16.6. The quantitative estimate of drug-likeness (QED) is 0.488. The molecular weight excluding hydrogens is 234 g/mol. The summed E-state index contributed by atoms with van der Waals surface area (Å²) in [7, 11) is 0. The third-order valence-electron chi connectivity index (χ3n) is 2.47. The fraction of sp³-hybridized carbons (Fsp3) is 0.417. The molecule has 1 heterocycles. The van der Waals surface area contributed by atoms with Gasteiger partial charge >= 0.3 is 0 Å². The molecule has 6 nitrogen and oxygen atoms in total. The van der Waals surface area contributed by atoms with E-state index in [0.717, 1.165) is 0 Å². The average molecular weight is 249 g/mol. The number of hydrogen-bond acceptors (Lipinski definition) is 3. The fourth-order valence-corrected chi connectivity index (χ4v) is 1.57. The zero-order chi connectivity index (χ0) is 13.7. The number of rotatable bonds is 5. The number of carbonyl (C=O) groups is 1. The number of hydrogen-bond donors (Lipinski definition) is 1. The van der Waals surface area contributed by atoms with Gasteiger partial charge in [-0.3, -0.25) is 14.9 Å². The summed E-state index contributed by atoms with van der Waals surface area (Å²) in [5.41, 5.74) is 0.180. The van der Waals surface area contributed by atoms with Crippen molar-refractivity contribution >= 4 is 11.6 Å². The lowest BCUT2D eigenvalue weighted by Gasteiger charge is -2.11. The molecule has 0 spiro atoms. The van der Waals surface area contributed by atoms with Crippen LogP contribution in [0.4, 0.5) is 5.69 Å². The lowest BCUT2D eigenvalue weighted by atomic mass is 10.2. The van der Waals surface area contributed by atoms with E-state index in [1.807, 2.05) is 6.92 Å². The molecule has 96 valence electrons. The van der Waals surface area contributed by atoms with Crippen molar-refractivity contribution in [2.45, 2.75) is 32.9 Å². The van der Waals surface area contributed by atoms with Crippen LogP contribution >= 0.6 is 0 Å². The van der Waals surface area contributed by atoms with Gasteiger partial charge in [-0.25, -0.2) is 0 Å². The van der Waals surface area contributed by atoms with E-state index in [4.69, 9.17) is 6.42 Å². The first kappa shape index (κ1) is 13.8. The Morgan fingerprint density at radius 2 is 2.39 bits per heavy atom. The van der Waals surface area contributed by atoms with Crippen LogP contribution < -0.4 is 5.32 Å². The number of amides is 1. The van der Waals surface area contributed by atoms with E-state index in [0.29, 0.717) is 13.0 Å². The minimum Gasteiger partial charge on any atom is -0.347 e. The van der Waals surface area contributed by atoms with Crippen LogP contribution in [0.15, 0.2) is 12.3 Å². The molecule has 18 heavy (non-hydrogen) atoms. The molecule has 1 aromatic heterocycles. The highest BCUT2D eigenvalue weighted by Gasteiger charge is 2.19. The molecule has 0 saturated heterocycles. The molecule has 6 heteroatoms. The first-order chi connectivity index (χ1) is 8.49. The van der Waals surface area contributed by atoms with Crippen molar-refractivity contribution in [3.63, 3.8) is 0 Å². The topological polar surface area (TPSA) is 77.2 Å². The molecule has 0 aliphatic carbocycles. The Labute approximate surface area is 105 Å². The Bertz CT molecular complexity index is 499. The van der Waals surface area contributed by atoms with Gasteiger partial charge in [-0.15, -0.1) is 12.3 Å². The predicted molar refractivity (Wildman–Crippen MR) is 67.1 cm³/mol. The number of nitrogens with zero attached hydrogens (tertiary/aromatic N) is 2.